The third-order valence-corrected chi connectivity index (χ3v) is 4.26. The predicted molar refractivity (Wildman–Crippen MR) is 70.6 cm³/mol. The SMILES string of the molecule is CCOCCCS(=O)(=O)c1ccc(N)cc1OC. The maximum Gasteiger partial charge on any atom is 0.182 e. The van der Waals surface area contributed by atoms with Crippen LogP contribution in [-0.2, 0) is 14.6 Å². The van der Waals surface area contributed by atoms with Crippen molar-refractivity contribution >= 4 is 15.5 Å². The van der Waals surface area contributed by atoms with Crippen molar-refractivity contribution in [3.05, 3.63) is 18.2 Å². The normalized spacial score (nSPS) is 11.4. The van der Waals surface area contributed by atoms with E-state index in [2.05, 4.69) is 0 Å². The van der Waals surface area contributed by atoms with Gasteiger partial charge in [0.1, 0.15) is 10.6 Å². The molecule has 2 N–H and O–H groups in total. The molecule has 5 nitrogen and oxygen atoms in total. The maximum absolute atomic E-state index is 12.1. The lowest BCUT2D eigenvalue weighted by Crippen LogP contribution is -2.11. The van der Waals surface area contributed by atoms with Crippen LogP contribution in [0.1, 0.15) is 13.3 Å². The van der Waals surface area contributed by atoms with E-state index in [0.717, 1.165) is 0 Å². The highest BCUT2D eigenvalue weighted by atomic mass is 32.2. The van der Waals surface area contributed by atoms with E-state index in [4.69, 9.17) is 15.2 Å². The van der Waals surface area contributed by atoms with Crippen molar-refractivity contribution in [1.82, 2.24) is 0 Å². The number of hydrogen-bond donors (Lipinski definition) is 1. The fourth-order valence-electron chi connectivity index (χ4n) is 1.55. The molecule has 0 bridgehead atoms. The second kappa shape index (κ2) is 6.61. The summed E-state index contributed by atoms with van der Waals surface area (Å²) in [7, 11) is -1.94. The van der Waals surface area contributed by atoms with Crippen LogP contribution in [-0.4, -0.2) is 34.5 Å². The average Bonchev–Trinajstić information content (AvgIpc) is 2.34. The zero-order valence-electron chi connectivity index (χ0n) is 10.7. The molecule has 0 saturated heterocycles. The molecule has 0 saturated carbocycles. The van der Waals surface area contributed by atoms with E-state index in [-0.39, 0.29) is 16.4 Å². The van der Waals surface area contributed by atoms with Gasteiger partial charge >= 0.3 is 0 Å². The maximum atomic E-state index is 12.1. The minimum absolute atomic E-state index is 0.0350. The molecule has 0 fully saturated rings. The van der Waals surface area contributed by atoms with Crippen LogP contribution in [0.15, 0.2) is 23.1 Å². The van der Waals surface area contributed by atoms with E-state index in [9.17, 15) is 8.42 Å². The molecule has 0 amide bonds. The van der Waals surface area contributed by atoms with Gasteiger partial charge in [0, 0.05) is 25.0 Å². The van der Waals surface area contributed by atoms with Crippen LogP contribution < -0.4 is 10.5 Å². The smallest absolute Gasteiger partial charge is 0.182 e. The molecule has 0 spiro atoms. The highest BCUT2D eigenvalue weighted by Crippen LogP contribution is 2.27. The minimum Gasteiger partial charge on any atom is -0.495 e. The third-order valence-electron chi connectivity index (χ3n) is 2.43. The number of nitrogen functional groups attached to an aromatic ring is 1. The fourth-order valence-corrected chi connectivity index (χ4v) is 2.99. The van der Waals surface area contributed by atoms with E-state index >= 15 is 0 Å². The molecule has 1 aromatic carbocycles. The van der Waals surface area contributed by atoms with Gasteiger partial charge in [0.25, 0.3) is 0 Å². The Morgan fingerprint density at radius 1 is 1.33 bits per heavy atom. The van der Waals surface area contributed by atoms with Gasteiger partial charge < -0.3 is 15.2 Å². The van der Waals surface area contributed by atoms with Gasteiger partial charge in [-0.1, -0.05) is 0 Å². The summed E-state index contributed by atoms with van der Waals surface area (Å²) in [4.78, 5) is 0.177. The van der Waals surface area contributed by atoms with Crippen LogP contribution in [0, 0.1) is 0 Å². The van der Waals surface area contributed by atoms with Gasteiger partial charge in [-0.3, -0.25) is 0 Å². The number of benzene rings is 1. The van der Waals surface area contributed by atoms with E-state index in [0.29, 0.717) is 25.3 Å². The molecular weight excluding hydrogens is 254 g/mol. The fraction of sp³-hybridized carbons (Fsp3) is 0.500. The summed E-state index contributed by atoms with van der Waals surface area (Å²) in [6.45, 7) is 2.90. The summed E-state index contributed by atoms with van der Waals surface area (Å²) in [5, 5.41) is 0. The quantitative estimate of drug-likeness (QED) is 0.601. The Bertz CT molecular complexity index is 485. The second-order valence-electron chi connectivity index (χ2n) is 3.78. The summed E-state index contributed by atoms with van der Waals surface area (Å²) in [5.41, 5.74) is 6.06. The number of ether oxygens (including phenoxy) is 2. The minimum atomic E-state index is -3.36. The zero-order valence-corrected chi connectivity index (χ0v) is 11.5. The monoisotopic (exact) mass is 273 g/mol. The Morgan fingerprint density at radius 2 is 2.06 bits per heavy atom. The van der Waals surface area contributed by atoms with Crippen molar-refractivity contribution in [3.8, 4) is 5.75 Å². The predicted octanol–water partition coefficient (Wildman–Crippen LogP) is 1.48. The number of sulfone groups is 1. The van der Waals surface area contributed by atoms with E-state index in [1.807, 2.05) is 6.92 Å². The Hall–Kier alpha value is -1.27. The van der Waals surface area contributed by atoms with Crippen LogP contribution in [0.5, 0.6) is 5.75 Å². The second-order valence-corrected chi connectivity index (χ2v) is 5.86. The topological polar surface area (TPSA) is 78.6 Å². The van der Waals surface area contributed by atoms with Crippen LogP contribution in [0.3, 0.4) is 0 Å². The molecule has 0 aliphatic carbocycles. The van der Waals surface area contributed by atoms with Crippen molar-refractivity contribution in [1.29, 1.82) is 0 Å². The zero-order chi connectivity index (χ0) is 13.6. The lowest BCUT2D eigenvalue weighted by molar-refractivity contribution is 0.148. The van der Waals surface area contributed by atoms with Crippen LogP contribution in [0.2, 0.25) is 0 Å². The first-order valence-corrected chi connectivity index (χ1v) is 7.40. The molecule has 1 rings (SSSR count). The number of hydrogen-bond acceptors (Lipinski definition) is 5. The summed E-state index contributed by atoms with van der Waals surface area (Å²) in [5.74, 6) is 0.319. The Balaban J connectivity index is 2.84. The molecule has 0 heterocycles. The van der Waals surface area contributed by atoms with Crippen molar-refractivity contribution in [2.24, 2.45) is 0 Å². The largest absolute Gasteiger partial charge is 0.495 e. The molecule has 6 heteroatoms. The number of methoxy groups -OCH3 is 1. The molecule has 0 unspecified atom stereocenters. The molecule has 102 valence electrons. The van der Waals surface area contributed by atoms with Gasteiger partial charge in [-0.2, -0.15) is 0 Å². The summed E-state index contributed by atoms with van der Waals surface area (Å²) in [6, 6.07) is 4.54. The van der Waals surface area contributed by atoms with Crippen LogP contribution in [0.25, 0.3) is 0 Å². The van der Waals surface area contributed by atoms with E-state index < -0.39 is 9.84 Å². The van der Waals surface area contributed by atoms with E-state index in [1.54, 1.807) is 6.07 Å². The molecule has 0 aromatic heterocycles. The highest BCUT2D eigenvalue weighted by Gasteiger charge is 2.19. The van der Waals surface area contributed by atoms with Gasteiger partial charge in [0.15, 0.2) is 9.84 Å². The average molecular weight is 273 g/mol. The summed E-state index contributed by atoms with van der Waals surface area (Å²) in [6.07, 6.45) is 0.462. The summed E-state index contributed by atoms with van der Waals surface area (Å²) >= 11 is 0. The van der Waals surface area contributed by atoms with Crippen LogP contribution in [0.4, 0.5) is 5.69 Å². The molecule has 0 aliphatic heterocycles. The molecule has 1 aromatic rings. The standard InChI is InChI=1S/C12H19NO4S/c1-3-17-7-4-8-18(14,15)12-6-5-10(13)9-11(12)16-2/h5-6,9H,3-4,7-8,13H2,1-2H3. The van der Waals surface area contributed by atoms with Gasteiger partial charge in [-0.05, 0) is 25.5 Å². The van der Waals surface area contributed by atoms with Gasteiger partial charge in [-0.15, -0.1) is 0 Å². The highest BCUT2D eigenvalue weighted by molar-refractivity contribution is 7.91. The Labute approximate surface area is 108 Å². The first-order valence-electron chi connectivity index (χ1n) is 5.75. The first-order chi connectivity index (χ1) is 8.51. The first kappa shape index (κ1) is 14.8. The van der Waals surface area contributed by atoms with Crippen molar-refractivity contribution < 1.29 is 17.9 Å². The number of rotatable bonds is 7. The lowest BCUT2D eigenvalue weighted by atomic mass is 10.3. The molecule has 0 atom stereocenters. The van der Waals surface area contributed by atoms with Gasteiger partial charge in [0.05, 0.1) is 12.9 Å². The molecule has 0 radical (unpaired) electrons. The van der Waals surface area contributed by atoms with E-state index in [1.165, 1.54) is 19.2 Å². The number of nitrogens with two attached hydrogens (primary N) is 1. The molecule has 0 aliphatic rings. The van der Waals surface area contributed by atoms with Gasteiger partial charge in [-0.25, -0.2) is 8.42 Å². The van der Waals surface area contributed by atoms with Crippen molar-refractivity contribution in [2.75, 3.05) is 31.8 Å². The Morgan fingerprint density at radius 3 is 2.67 bits per heavy atom. The van der Waals surface area contributed by atoms with Crippen molar-refractivity contribution in [2.45, 2.75) is 18.2 Å². The molecular formula is C12H19NO4S. The lowest BCUT2D eigenvalue weighted by Gasteiger charge is -2.10. The van der Waals surface area contributed by atoms with Gasteiger partial charge in [0.2, 0.25) is 0 Å². The van der Waals surface area contributed by atoms with Crippen LogP contribution >= 0.6 is 0 Å². The Kier molecular flexibility index (Phi) is 5.43. The third kappa shape index (κ3) is 3.89. The molecule has 18 heavy (non-hydrogen) atoms. The van der Waals surface area contributed by atoms with Crippen molar-refractivity contribution in [3.63, 3.8) is 0 Å². The number of anilines is 1. The summed E-state index contributed by atoms with van der Waals surface area (Å²) < 4.78 is 34.4.